The number of rotatable bonds is 3. The molecule has 1 fully saturated rings. The zero-order chi connectivity index (χ0) is 16.1. The summed E-state index contributed by atoms with van der Waals surface area (Å²) in [5.41, 5.74) is 0.898. The van der Waals surface area contributed by atoms with Gasteiger partial charge in [0.2, 0.25) is 5.91 Å². The SMILES string of the molecule is CN(C)C(=O)N1CCC[C@H](C(=O)NCc2ccccc2Cl)C1. The van der Waals surface area contributed by atoms with Gasteiger partial charge in [0.05, 0.1) is 5.92 Å². The Morgan fingerprint density at radius 3 is 2.77 bits per heavy atom. The number of nitrogens with zero attached hydrogens (tertiary/aromatic N) is 2. The fourth-order valence-corrected chi connectivity index (χ4v) is 2.82. The maximum atomic E-state index is 12.3. The fraction of sp³-hybridized carbons (Fsp3) is 0.500. The van der Waals surface area contributed by atoms with Crippen molar-refractivity contribution in [3.05, 3.63) is 34.9 Å². The first-order chi connectivity index (χ1) is 10.5. The molecule has 1 atom stereocenters. The van der Waals surface area contributed by atoms with Crippen LogP contribution in [0.5, 0.6) is 0 Å². The van der Waals surface area contributed by atoms with E-state index in [-0.39, 0.29) is 17.9 Å². The summed E-state index contributed by atoms with van der Waals surface area (Å²) in [5, 5.41) is 3.57. The normalized spacial score (nSPS) is 18.0. The van der Waals surface area contributed by atoms with Gasteiger partial charge < -0.3 is 15.1 Å². The highest BCUT2D eigenvalue weighted by Gasteiger charge is 2.28. The predicted molar refractivity (Wildman–Crippen MR) is 86.7 cm³/mol. The van der Waals surface area contributed by atoms with E-state index in [4.69, 9.17) is 11.6 Å². The number of urea groups is 1. The molecule has 6 heteroatoms. The standard InChI is InChI=1S/C16H22ClN3O2/c1-19(2)16(22)20-9-5-7-13(11-20)15(21)18-10-12-6-3-4-8-14(12)17/h3-4,6,8,13H,5,7,9-11H2,1-2H3,(H,18,21)/t13-/m0/s1. The first-order valence-electron chi connectivity index (χ1n) is 7.46. The third-order valence-electron chi connectivity index (χ3n) is 3.86. The largest absolute Gasteiger partial charge is 0.352 e. The minimum absolute atomic E-state index is 0.0174. The van der Waals surface area contributed by atoms with Crippen molar-refractivity contribution in [2.75, 3.05) is 27.2 Å². The molecular weight excluding hydrogens is 302 g/mol. The summed E-state index contributed by atoms with van der Waals surface area (Å²) in [6.45, 7) is 1.60. The second-order valence-electron chi connectivity index (χ2n) is 5.77. The molecule has 1 saturated heterocycles. The van der Waals surface area contributed by atoms with Gasteiger partial charge in [-0.3, -0.25) is 4.79 Å². The van der Waals surface area contributed by atoms with E-state index in [9.17, 15) is 9.59 Å². The zero-order valence-corrected chi connectivity index (χ0v) is 13.8. The van der Waals surface area contributed by atoms with E-state index in [1.807, 2.05) is 18.2 Å². The molecule has 0 aliphatic carbocycles. The van der Waals surface area contributed by atoms with Crippen LogP contribution in [0, 0.1) is 5.92 Å². The zero-order valence-electron chi connectivity index (χ0n) is 13.0. The van der Waals surface area contributed by atoms with Gasteiger partial charge in [0, 0.05) is 38.8 Å². The van der Waals surface area contributed by atoms with Crippen LogP contribution in [-0.2, 0) is 11.3 Å². The number of amides is 3. The van der Waals surface area contributed by atoms with Crippen LogP contribution < -0.4 is 5.32 Å². The van der Waals surface area contributed by atoms with Gasteiger partial charge in [-0.1, -0.05) is 29.8 Å². The highest BCUT2D eigenvalue weighted by molar-refractivity contribution is 6.31. The van der Waals surface area contributed by atoms with Gasteiger partial charge in [0.25, 0.3) is 0 Å². The third-order valence-corrected chi connectivity index (χ3v) is 4.22. The van der Waals surface area contributed by atoms with E-state index in [0.717, 1.165) is 18.4 Å². The van der Waals surface area contributed by atoms with E-state index in [2.05, 4.69) is 5.32 Å². The summed E-state index contributed by atoms with van der Waals surface area (Å²) in [4.78, 5) is 27.6. The molecular formula is C16H22ClN3O2. The van der Waals surface area contributed by atoms with Crippen LogP contribution in [0.2, 0.25) is 5.02 Å². The summed E-state index contributed by atoms with van der Waals surface area (Å²) in [7, 11) is 3.45. The van der Waals surface area contributed by atoms with Crippen molar-refractivity contribution in [1.29, 1.82) is 0 Å². The average Bonchev–Trinajstić information content (AvgIpc) is 2.53. The molecule has 0 unspecified atom stereocenters. The lowest BCUT2D eigenvalue weighted by Crippen LogP contribution is -2.48. The van der Waals surface area contributed by atoms with Gasteiger partial charge in [0.1, 0.15) is 0 Å². The minimum Gasteiger partial charge on any atom is -0.352 e. The number of hydrogen-bond donors (Lipinski definition) is 1. The van der Waals surface area contributed by atoms with Gasteiger partial charge in [-0.05, 0) is 24.5 Å². The third kappa shape index (κ3) is 4.13. The number of nitrogens with one attached hydrogen (secondary N) is 1. The van der Waals surface area contributed by atoms with E-state index in [1.165, 1.54) is 0 Å². The van der Waals surface area contributed by atoms with Crippen LogP contribution in [0.3, 0.4) is 0 Å². The van der Waals surface area contributed by atoms with Crippen molar-refractivity contribution in [3.63, 3.8) is 0 Å². The Hall–Kier alpha value is -1.75. The summed E-state index contributed by atoms with van der Waals surface area (Å²) in [6, 6.07) is 7.42. The first kappa shape index (κ1) is 16.6. The van der Waals surface area contributed by atoms with Gasteiger partial charge in [0.15, 0.2) is 0 Å². The van der Waals surface area contributed by atoms with Crippen molar-refractivity contribution < 1.29 is 9.59 Å². The maximum absolute atomic E-state index is 12.3. The molecule has 1 heterocycles. The Kier molecular flexibility index (Phi) is 5.66. The van der Waals surface area contributed by atoms with Crippen LogP contribution in [-0.4, -0.2) is 48.9 Å². The lowest BCUT2D eigenvalue weighted by atomic mass is 9.97. The molecule has 1 aliphatic rings. The molecule has 3 amide bonds. The molecule has 2 rings (SSSR count). The van der Waals surface area contributed by atoms with Crippen molar-refractivity contribution in [3.8, 4) is 0 Å². The van der Waals surface area contributed by atoms with Crippen molar-refractivity contribution in [2.24, 2.45) is 5.92 Å². The lowest BCUT2D eigenvalue weighted by Gasteiger charge is -2.33. The van der Waals surface area contributed by atoms with Gasteiger partial charge >= 0.3 is 6.03 Å². The molecule has 1 aliphatic heterocycles. The quantitative estimate of drug-likeness (QED) is 0.928. The fourth-order valence-electron chi connectivity index (χ4n) is 2.62. The van der Waals surface area contributed by atoms with E-state index in [0.29, 0.717) is 24.7 Å². The van der Waals surface area contributed by atoms with Crippen molar-refractivity contribution >= 4 is 23.5 Å². The number of likely N-dealkylation sites (tertiary alicyclic amines) is 1. The highest BCUT2D eigenvalue weighted by Crippen LogP contribution is 2.19. The van der Waals surface area contributed by atoms with Crippen LogP contribution in [0.4, 0.5) is 4.79 Å². The number of halogens is 1. The second-order valence-corrected chi connectivity index (χ2v) is 6.18. The number of carbonyl (C=O) groups excluding carboxylic acids is 2. The van der Waals surface area contributed by atoms with Crippen molar-refractivity contribution in [1.82, 2.24) is 15.1 Å². The topological polar surface area (TPSA) is 52.7 Å². The molecule has 0 spiro atoms. The van der Waals surface area contributed by atoms with Crippen molar-refractivity contribution in [2.45, 2.75) is 19.4 Å². The number of benzene rings is 1. The van der Waals surface area contributed by atoms with Gasteiger partial charge in [-0.25, -0.2) is 4.79 Å². The summed E-state index contributed by atoms with van der Waals surface area (Å²) in [6.07, 6.45) is 1.66. The van der Waals surface area contributed by atoms with Gasteiger partial charge in [-0.15, -0.1) is 0 Å². The molecule has 0 bridgehead atoms. The molecule has 1 N–H and O–H groups in total. The molecule has 22 heavy (non-hydrogen) atoms. The maximum Gasteiger partial charge on any atom is 0.319 e. The molecule has 5 nitrogen and oxygen atoms in total. The molecule has 1 aromatic carbocycles. The molecule has 0 aromatic heterocycles. The van der Waals surface area contributed by atoms with Crippen LogP contribution >= 0.6 is 11.6 Å². The molecule has 120 valence electrons. The van der Waals surface area contributed by atoms with Crippen LogP contribution in [0.1, 0.15) is 18.4 Å². The summed E-state index contributed by atoms with van der Waals surface area (Å²) >= 11 is 6.08. The molecule has 0 saturated carbocycles. The van der Waals surface area contributed by atoms with Crippen LogP contribution in [0.25, 0.3) is 0 Å². The smallest absolute Gasteiger partial charge is 0.319 e. The van der Waals surface area contributed by atoms with E-state index < -0.39 is 0 Å². The van der Waals surface area contributed by atoms with Gasteiger partial charge in [-0.2, -0.15) is 0 Å². The van der Waals surface area contributed by atoms with E-state index >= 15 is 0 Å². The Morgan fingerprint density at radius 2 is 2.09 bits per heavy atom. The Balaban J connectivity index is 1.89. The Bertz CT molecular complexity index is 548. The highest BCUT2D eigenvalue weighted by atomic mass is 35.5. The second kappa shape index (κ2) is 7.49. The Labute approximate surface area is 136 Å². The summed E-state index contributed by atoms with van der Waals surface area (Å²) in [5.74, 6) is -0.170. The predicted octanol–water partition coefficient (Wildman–Crippen LogP) is 2.35. The Morgan fingerprint density at radius 1 is 1.36 bits per heavy atom. The summed E-state index contributed by atoms with van der Waals surface area (Å²) < 4.78 is 0. The average molecular weight is 324 g/mol. The monoisotopic (exact) mass is 323 g/mol. The van der Waals surface area contributed by atoms with Crippen LogP contribution in [0.15, 0.2) is 24.3 Å². The lowest BCUT2D eigenvalue weighted by molar-refractivity contribution is -0.126. The van der Waals surface area contributed by atoms with E-state index in [1.54, 1.807) is 30.0 Å². The minimum atomic E-state index is -0.153. The molecule has 1 aromatic rings. The molecule has 0 radical (unpaired) electrons. The first-order valence-corrected chi connectivity index (χ1v) is 7.84. The number of piperidine rings is 1. The number of carbonyl (C=O) groups is 2. The number of hydrogen-bond acceptors (Lipinski definition) is 2.